The maximum absolute atomic E-state index is 12.2. The van der Waals surface area contributed by atoms with E-state index < -0.39 is 22.7 Å². The molecule has 0 saturated carbocycles. The minimum absolute atomic E-state index is 0.0502. The second-order valence-electron chi connectivity index (χ2n) is 6.61. The molecule has 1 unspecified atom stereocenters. The molecule has 0 aliphatic carbocycles. The minimum atomic E-state index is -2.23. The summed E-state index contributed by atoms with van der Waals surface area (Å²) in [4.78, 5) is 12.3. The normalized spacial score (nSPS) is 13.7. The van der Waals surface area contributed by atoms with Crippen molar-refractivity contribution in [3.63, 3.8) is 0 Å². The number of benzene rings is 1. The van der Waals surface area contributed by atoms with Gasteiger partial charge in [0.15, 0.2) is 11.1 Å². The van der Waals surface area contributed by atoms with Gasteiger partial charge in [-0.05, 0) is 46.8 Å². The molecule has 0 saturated heterocycles. The molecule has 1 rings (SSSR count). The minimum Gasteiger partial charge on any atom is -0.456 e. The topological polar surface area (TPSA) is 72.8 Å². The Morgan fingerprint density at radius 2 is 1.77 bits per heavy atom. The smallest absolute Gasteiger partial charge is 0.339 e. The average Bonchev–Trinajstić information content (AvgIpc) is 2.36. The van der Waals surface area contributed by atoms with E-state index in [0.717, 1.165) is 0 Å². The third-order valence-corrected chi connectivity index (χ3v) is 3.64. The number of carbonyl (C=O) groups is 1. The number of carbonyl (C=O) groups excluding carboxylic acids is 1. The van der Waals surface area contributed by atoms with E-state index in [1.807, 2.05) is 20.8 Å². The maximum atomic E-state index is 12.2. The van der Waals surface area contributed by atoms with E-state index in [0.29, 0.717) is 13.0 Å². The fraction of sp³-hybridized carbons (Fsp3) is 0.562. The summed E-state index contributed by atoms with van der Waals surface area (Å²) >= 11 is -2.23. The van der Waals surface area contributed by atoms with E-state index in [1.165, 1.54) is 12.1 Å². The highest BCUT2D eigenvalue weighted by Crippen LogP contribution is 2.21. The molecule has 1 atom stereocenters. The van der Waals surface area contributed by atoms with Crippen LogP contribution < -0.4 is 0 Å². The fourth-order valence-corrected chi connectivity index (χ4v) is 2.28. The third-order valence-electron chi connectivity index (χ3n) is 2.90. The van der Waals surface area contributed by atoms with Gasteiger partial charge >= 0.3 is 5.97 Å². The van der Waals surface area contributed by atoms with E-state index in [4.69, 9.17) is 9.47 Å². The zero-order chi connectivity index (χ0) is 17.0. The van der Waals surface area contributed by atoms with Crippen LogP contribution in [-0.2, 0) is 20.6 Å². The van der Waals surface area contributed by atoms with Crippen molar-refractivity contribution in [2.24, 2.45) is 0 Å². The van der Waals surface area contributed by atoms with Crippen LogP contribution in [0.15, 0.2) is 29.2 Å². The maximum Gasteiger partial charge on any atom is 0.339 e. The van der Waals surface area contributed by atoms with Crippen molar-refractivity contribution in [3.05, 3.63) is 29.8 Å². The molecule has 0 amide bonds. The van der Waals surface area contributed by atoms with Gasteiger partial charge in [-0.25, -0.2) is 9.00 Å². The molecule has 124 valence electrons. The third kappa shape index (κ3) is 6.25. The Balaban J connectivity index is 2.73. The number of esters is 1. The second-order valence-corrected chi connectivity index (χ2v) is 7.54. The van der Waals surface area contributed by atoms with E-state index in [9.17, 15) is 13.6 Å². The zero-order valence-corrected chi connectivity index (χ0v) is 14.5. The van der Waals surface area contributed by atoms with Gasteiger partial charge in [0.05, 0.1) is 22.7 Å². The quantitative estimate of drug-likeness (QED) is 0.640. The number of ether oxygens (including phenoxy) is 2. The Morgan fingerprint density at radius 3 is 2.32 bits per heavy atom. The van der Waals surface area contributed by atoms with Gasteiger partial charge in [-0.1, -0.05) is 12.1 Å². The Morgan fingerprint density at radius 1 is 1.18 bits per heavy atom. The van der Waals surface area contributed by atoms with Gasteiger partial charge in [0, 0.05) is 6.42 Å². The molecule has 1 aromatic carbocycles. The number of hydrogen-bond donors (Lipinski definition) is 1. The predicted octanol–water partition coefficient (Wildman–Crippen LogP) is 3.41. The van der Waals surface area contributed by atoms with Crippen molar-refractivity contribution >= 4 is 17.0 Å². The van der Waals surface area contributed by atoms with Gasteiger partial charge in [0.25, 0.3) is 0 Å². The number of rotatable bonds is 6. The molecule has 0 aliphatic heterocycles. The molecular formula is C16H24O5S. The van der Waals surface area contributed by atoms with Gasteiger partial charge in [-0.15, -0.1) is 0 Å². The summed E-state index contributed by atoms with van der Waals surface area (Å²) in [7, 11) is 0. The van der Waals surface area contributed by atoms with E-state index >= 15 is 0 Å². The van der Waals surface area contributed by atoms with Crippen LogP contribution in [-0.4, -0.2) is 32.5 Å². The zero-order valence-electron chi connectivity index (χ0n) is 13.7. The lowest BCUT2D eigenvalue weighted by Crippen LogP contribution is -2.32. The first-order valence-electron chi connectivity index (χ1n) is 7.09. The summed E-state index contributed by atoms with van der Waals surface area (Å²) in [5.74, 6) is -0.612. The van der Waals surface area contributed by atoms with Crippen LogP contribution in [0.3, 0.4) is 0 Å². The van der Waals surface area contributed by atoms with Gasteiger partial charge in [0.2, 0.25) is 0 Å². The molecule has 0 aliphatic rings. The lowest BCUT2D eigenvalue weighted by molar-refractivity contribution is -0.0476. The van der Waals surface area contributed by atoms with Crippen molar-refractivity contribution in [1.82, 2.24) is 0 Å². The summed E-state index contributed by atoms with van der Waals surface area (Å²) in [5.41, 5.74) is -0.875. The predicted molar refractivity (Wildman–Crippen MR) is 85.3 cm³/mol. The van der Waals surface area contributed by atoms with Crippen LogP contribution in [0, 0.1) is 0 Å². The van der Waals surface area contributed by atoms with Crippen molar-refractivity contribution in [3.8, 4) is 0 Å². The van der Waals surface area contributed by atoms with Crippen LogP contribution in [0.5, 0.6) is 0 Å². The Bertz CT molecular complexity index is 546. The van der Waals surface area contributed by atoms with Crippen molar-refractivity contribution in [2.75, 3.05) is 6.61 Å². The number of hydrogen-bond acceptors (Lipinski definition) is 4. The summed E-state index contributed by atoms with van der Waals surface area (Å²) < 4.78 is 31.6. The molecular weight excluding hydrogens is 304 g/mol. The standard InChI is InChI=1S/C16H24O5S/c1-15(2,3)20-11-10-16(4,5)21-14(17)12-8-6-7-9-13(12)22(18)19/h6-9H,10-11H2,1-5H3,(H,18,19). The van der Waals surface area contributed by atoms with Gasteiger partial charge in [0.1, 0.15) is 5.60 Å². The van der Waals surface area contributed by atoms with Crippen molar-refractivity contribution in [1.29, 1.82) is 0 Å². The Kier molecular flexibility index (Phi) is 6.28. The molecule has 0 heterocycles. The van der Waals surface area contributed by atoms with Gasteiger partial charge in [-0.3, -0.25) is 0 Å². The fourth-order valence-electron chi connectivity index (χ4n) is 1.75. The Labute approximate surface area is 134 Å². The molecule has 0 bridgehead atoms. The molecule has 1 N–H and O–H groups in total. The van der Waals surface area contributed by atoms with Crippen LogP contribution >= 0.6 is 0 Å². The van der Waals surface area contributed by atoms with E-state index in [2.05, 4.69) is 0 Å². The molecule has 5 nitrogen and oxygen atoms in total. The molecule has 6 heteroatoms. The average molecular weight is 328 g/mol. The van der Waals surface area contributed by atoms with Crippen molar-refractivity contribution in [2.45, 2.75) is 57.1 Å². The molecule has 0 fully saturated rings. The summed E-state index contributed by atoms with van der Waals surface area (Å²) in [5, 5.41) is 0. The summed E-state index contributed by atoms with van der Waals surface area (Å²) in [6.45, 7) is 9.90. The van der Waals surface area contributed by atoms with Crippen LogP contribution in [0.1, 0.15) is 51.4 Å². The highest BCUT2D eigenvalue weighted by molar-refractivity contribution is 7.79. The molecule has 0 radical (unpaired) electrons. The summed E-state index contributed by atoms with van der Waals surface area (Å²) in [6, 6.07) is 6.14. The molecule has 1 aromatic rings. The SMILES string of the molecule is CC(C)(C)OCCC(C)(C)OC(=O)c1ccccc1S(=O)O. The highest BCUT2D eigenvalue weighted by atomic mass is 32.2. The molecule has 22 heavy (non-hydrogen) atoms. The van der Waals surface area contributed by atoms with E-state index in [1.54, 1.807) is 26.0 Å². The highest BCUT2D eigenvalue weighted by Gasteiger charge is 2.26. The van der Waals surface area contributed by atoms with Crippen LogP contribution in [0.2, 0.25) is 0 Å². The summed E-state index contributed by atoms with van der Waals surface area (Å²) in [6.07, 6.45) is 0.528. The molecule has 0 spiro atoms. The second kappa shape index (κ2) is 7.35. The van der Waals surface area contributed by atoms with Crippen LogP contribution in [0.4, 0.5) is 0 Å². The molecule has 0 aromatic heterocycles. The van der Waals surface area contributed by atoms with Gasteiger partial charge in [-0.2, -0.15) is 0 Å². The Hall–Kier alpha value is -1.24. The van der Waals surface area contributed by atoms with Crippen LogP contribution in [0.25, 0.3) is 0 Å². The van der Waals surface area contributed by atoms with Gasteiger partial charge < -0.3 is 14.0 Å². The first-order chi connectivity index (χ1) is 10.0. The van der Waals surface area contributed by atoms with Crippen molar-refractivity contribution < 1.29 is 23.0 Å². The largest absolute Gasteiger partial charge is 0.456 e. The van der Waals surface area contributed by atoms with E-state index in [-0.39, 0.29) is 16.1 Å². The monoisotopic (exact) mass is 328 g/mol. The first-order valence-corrected chi connectivity index (χ1v) is 8.20. The lowest BCUT2D eigenvalue weighted by atomic mass is 10.1. The first kappa shape index (κ1) is 18.8. The lowest BCUT2D eigenvalue weighted by Gasteiger charge is -2.27.